The van der Waals surface area contributed by atoms with Gasteiger partial charge in [-0.05, 0) is 44.6 Å². The fourth-order valence-electron chi connectivity index (χ4n) is 3.79. The van der Waals surface area contributed by atoms with E-state index in [4.69, 9.17) is 4.42 Å². The summed E-state index contributed by atoms with van der Waals surface area (Å²) in [4.78, 5) is 29.8. The zero-order valence-electron chi connectivity index (χ0n) is 15.2. The Kier molecular flexibility index (Phi) is 4.38. The van der Waals surface area contributed by atoms with Gasteiger partial charge < -0.3 is 14.3 Å². The molecule has 1 saturated heterocycles. The van der Waals surface area contributed by atoms with Crippen LogP contribution in [0.3, 0.4) is 0 Å². The lowest BCUT2D eigenvalue weighted by Crippen LogP contribution is -2.46. The lowest BCUT2D eigenvalue weighted by atomic mass is 9.89. The molecule has 1 aliphatic heterocycles. The molecule has 2 aromatic rings. The first-order chi connectivity index (χ1) is 12.6. The summed E-state index contributed by atoms with van der Waals surface area (Å²) >= 11 is 0. The van der Waals surface area contributed by atoms with Gasteiger partial charge in [-0.15, -0.1) is 10.2 Å². The van der Waals surface area contributed by atoms with Crippen LogP contribution < -0.4 is 5.56 Å². The number of H-pyrrole nitrogens is 1. The summed E-state index contributed by atoms with van der Waals surface area (Å²) in [6.45, 7) is 4.67. The molecule has 7 heteroatoms. The number of hydrogen-bond acceptors (Lipinski definition) is 5. The van der Waals surface area contributed by atoms with Crippen LogP contribution >= 0.6 is 0 Å². The molecule has 1 amide bonds. The zero-order valence-corrected chi connectivity index (χ0v) is 15.2. The highest BCUT2D eigenvalue weighted by atomic mass is 16.4. The molecule has 2 atom stereocenters. The Bertz CT molecular complexity index is 868. The predicted octanol–water partition coefficient (Wildman–Crippen LogP) is 2.61. The van der Waals surface area contributed by atoms with Crippen LogP contribution in [0.4, 0.5) is 0 Å². The van der Waals surface area contributed by atoms with Crippen molar-refractivity contribution in [2.24, 2.45) is 0 Å². The van der Waals surface area contributed by atoms with Gasteiger partial charge in [0.15, 0.2) is 0 Å². The molecule has 2 aliphatic rings. The van der Waals surface area contributed by atoms with Crippen molar-refractivity contribution in [3.63, 3.8) is 0 Å². The number of aryl methyl sites for hydroxylation is 1. The molecule has 1 N–H and O–H groups in total. The van der Waals surface area contributed by atoms with Gasteiger partial charge in [0.05, 0.1) is 5.92 Å². The van der Waals surface area contributed by atoms with Gasteiger partial charge in [-0.2, -0.15) is 0 Å². The SMILES string of the molecule is CCc1nnc([C@H]2CCCN(C(=O)c3cc(C4CC4)[nH]c(=O)c3)[C@H]2C)o1. The van der Waals surface area contributed by atoms with Crippen LogP contribution in [0.2, 0.25) is 0 Å². The van der Waals surface area contributed by atoms with Gasteiger partial charge in [-0.25, -0.2) is 0 Å². The van der Waals surface area contributed by atoms with Crippen LogP contribution in [0.25, 0.3) is 0 Å². The Hall–Kier alpha value is -2.44. The number of amides is 1. The Morgan fingerprint density at radius 1 is 1.31 bits per heavy atom. The monoisotopic (exact) mass is 356 g/mol. The maximum Gasteiger partial charge on any atom is 0.254 e. The minimum absolute atomic E-state index is 0.0328. The molecule has 0 aromatic carbocycles. The third-order valence-corrected chi connectivity index (χ3v) is 5.48. The van der Waals surface area contributed by atoms with Crippen LogP contribution in [0.1, 0.15) is 79.2 Å². The minimum Gasteiger partial charge on any atom is -0.425 e. The summed E-state index contributed by atoms with van der Waals surface area (Å²) in [6, 6.07) is 3.21. The molecular formula is C19H24N4O3. The molecule has 4 rings (SSSR count). The summed E-state index contributed by atoms with van der Waals surface area (Å²) in [5, 5.41) is 8.23. The first-order valence-corrected chi connectivity index (χ1v) is 9.44. The first kappa shape index (κ1) is 17.0. The van der Waals surface area contributed by atoms with Crippen molar-refractivity contribution < 1.29 is 9.21 Å². The molecule has 138 valence electrons. The molecule has 0 spiro atoms. The quantitative estimate of drug-likeness (QED) is 0.909. The third-order valence-electron chi connectivity index (χ3n) is 5.48. The molecule has 26 heavy (non-hydrogen) atoms. The fourth-order valence-corrected chi connectivity index (χ4v) is 3.79. The van der Waals surface area contributed by atoms with Crippen molar-refractivity contribution in [1.29, 1.82) is 0 Å². The molecule has 7 nitrogen and oxygen atoms in total. The number of aromatic amines is 1. The Balaban J connectivity index is 1.58. The molecule has 1 saturated carbocycles. The normalized spacial score (nSPS) is 23.2. The molecule has 2 fully saturated rings. The molecule has 3 heterocycles. The Morgan fingerprint density at radius 3 is 2.81 bits per heavy atom. The van der Waals surface area contributed by atoms with Crippen LogP contribution in [-0.2, 0) is 6.42 Å². The van der Waals surface area contributed by atoms with Crippen molar-refractivity contribution in [2.45, 2.75) is 63.8 Å². The standard InChI is InChI=1S/C19H24N4O3/c1-3-17-21-22-18(26-17)14-5-4-8-23(11(14)2)19(25)13-9-15(12-6-7-12)20-16(24)10-13/h9-12,14H,3-8H2,1-2H3,(H,20,24)/t11-,14-/m0/s1. The van der Waals surface area contributed by atoms with Crippen molar-refractivity contribution in [1.82, 2.24) is 20.1 Å². The predicted molar refractivity (Wildman–Crippen MR) is 95.2 cm³/mol. The largest absolute Gasteiger partial charge is 0.425 e. The Labute approximate surface area is 151 Å². The summed E-state index contributed by atoms with van der Waals surface area (Å²) in [6.07, 6.45) is 4.65. The summed E-state index contributed by atoms with van der Waals surface area (Å²) in [7, 11) is 0. The minimum atomic E-state index is -0.205. The van der Waals surface area contributed by atoms with E-state index in [9.17, 15) is 9.59 Å². The second-order valence-corrected chi connectivity index (χ2v) is 7.34. The van der Waals surface area contributed by atoms with Crippen molar-refractivity contribution >= 4 is 5.91 Å². The summed E-state index contributed by atoms with van der Waals surface area (Å²) in [5.74, 6) is 1.57. The zero-order chi connectivity index (χ0) is 18.3. The van der Waals surface area contributed by atoms with E-state index in [0.29, 0.717) is 36.2 Å². The average Bonchev–Trinajstić information content (AvgIpc) is 3.39. The highest BCUT2D eigenvalue weighted by Gasteiger charge is 2.36. The van der Waals surface area contributed by atoms with E-state index in [1.54, 1.807) is 0 Å². The highest BCUT2D eigenvalue weighted by Crippen LogP contribution is 2.39. The fraction of sp³-hybridized carbons (Fsp3) is 0.579. The van der Waals surface area contributed by atoms with Gasteiger partial charge in [-0.3, -0.25) is 9.59 Å². The summed E-state index contributed by atoms with van der Waals surface area (Å²) in [5.41, 5.74) is 1.15. The lowest BCUT2D eigenvalue weighted by molar-refractivity contribution is 0.0582. The first-order valence-electron chi connectivity index (χ1n) is 9.44. The maximum absolute atomic E-state index is 13.1. The van der Waals surface area contributed by atoms with Gasteiger partial charge in [0.1, 0.15) is 0 Å². The second-order valence-electron chi connectivity index (χ2n) is 7.34. The highest BCUT2D eigenvalue weighted by molar-refractivity contribution is 5.94. The van der Waals surface area contributed by atoms with E-state index >= 15 is 0 Å². The molecule has 0 unspecified atom stereocenters. The van der Waals surface area contributed by atoms with E-state index in [1.165, 1.54) is 6.07 Å². The Morgan fingerprint density at radius 2 is 2.12 bits per heavy atom. The van der Waals surface area contributed by atoms with Crippen LogP contribution in [0, 0.1) is 0 Å². The number of piperidine rings is 1. The number of hydrogen-bond donors (Lipinski definition) is 1. The molecule has 0 radical (unpaired) electrons. The third kappa shape index (κ3) is 3.18. The topological polar surface area (TPSA) is 92.1 Å². The van der Waals surface area contributed by atoms with E-state index in [-0.39, 0.29) is 23.4 Å². The van der Waals surface area contributed by atoms with Gasteiger partial charge in [0, 0.05) is 36.3 Å². The molecular weight excluding hydrogens is 332 g/mol. The van der Waals surface area contributed by atoms with Crippen LogP contribution in [0.5, 0.6) is 0 Å². The van der Waals surface area contributed by atoms with Crippen LogP contribution in [0.15, 0.2) is 21.3 Å². The number of rotatable bonds is 4. The van der Waals surface area contributed by atoms with Crippen molar-refractivity contribution in [3.05, 3.63) is 45.5 Å². The van der Waals surface area contributed by atoms with E-state index in [2.05, 4.69) is 15.2 Å². The smallest absolute Gasteiger partial charge is 0.254 e. The number of nitrogens with zero attached hydrogens (tertiary/aromatic N) is 3. The number of carbonyl (C=O) groups is 1. The molecule has 0 bridgehead atoms. The summed E-state index contributed by atoms with van der Waals surface area (Å²) < 4.78 is 5.74. The second kappa shape index (κ2) is 6.70. The van der Waals surface area contributed by atoms with E-state index in [0.717, 1.165) is 31.4 Å². The molecule has 1 aliphatic carbocycles. The number of nitrogens with one attached hydrogen (secondary N) is 1. The van der Waals surface area contributed by atoms with Gasteiger partial charge >= 0.3 is 0 Å². The maximum atomic E-state index is 13.1. The van der Waals surface area contributed by atoms with Crippen molar-refractivity contribution in [2.75, 3.05) is 6.54 Å². The van der Waals surface area contributed by atoms with E-state index < -0.39 is 0 Å². The van der Waals surface area contributed by atoms with Crippen molar-refractivity contribution in [3.8, 4) is 0 Å². The van der Waals surface area contributed by atoms with Gasteiger partial charge in [0.2, 0.25) is 17.3 Å². The van der Waals surface area contributed by atoms with E-state index in [1.807, 2.05) is 24.8 Å². The number of aromatic nitrogens is 3. The number of pyridine rings is 1. The van der Waals surface area contributed by atoms with Crippen LogP contribution in [-0.4, -0.2) is 38.6 Å². The van der Waals surface area contributed by atoms with Gasteiger partial charge in [-0.1, -0.05) is 6.92 Å². The number of carbonyl (C=O) groups excluding carboxylic acids is 1. The molecule has 2 aromatic heterocycles. The lowest BCUT2D eigenvalue weighted by Gasteiger charge is -2.38. The van der Waals surface area contributed by atoms with Gasteiger partial charge in [0.25, 0.3) is 5.91 Å². The number of likely N-dealkylation sites (tertiary alicyclic amines) is 1. The average molecular weight is 356 g/mol.